The van der Waals surface area contributed by atoms with Crippen LogP contribution in [0.15, 0.2) is 36.7 Å². The Hall–Kier alpha value is -2.17. The zero-order chi connectivity index (χ0) is 14.6. The molecule has 0 aliphatic heterocycles. The number of carbonyl (C=O) groups is 1. The van der Waals surface area contributed by atoms with Crippen molar-refractivity contribution in [1.82, 2.24) is 20.5 Å². The third-order valence-electron chi connectivity index (χ3n) is 2.95. The van der Waals surface area contributed by atoms with Gasteiger partial charge in [-0.15, -0.1) is 0 Å². The summed E-state index contributed by atoms with van der Waals surface area (Å²) in [4.78, 5) is 16.0. The topological polar surface area (TPSA) is 70.7 Å². The molecule has 1 atom stereocenters. The van der Waals surface area contributed by atoms with Crippen LogP contribution < -0.4 is 5.32 Å². The highest BCUT2D eigenvalue weighted by Crippen LogP contribution is 2.29. The van der Waals surface area contributed by atoms with E-state index in [9.17, 15) is 4.79 Å². The number of aromatic amines is 1. The molecule has 2 aromatic rings. The van der Waals surface area contributed by atoms with Crippen molar-refractivity contribution >= 4 is 5.91 Å². The summed E-state index contributed by atoms with van der Waals surface area (Å²) in [6, 6.07) is 9.93. The van der Waals surface area contributed by atoms with Gasteiger partial charge in [0.05, 0.1) is 6.04 Å². The van der Waals surface area contributed by atoms with Crippen molar-refractivity contribution in [3.63, 3.8) is 0 Å². The first-order valence-electron chi connectivity index (χ1n) is 6.67. The third kappa shape index (κ3) is 3.91. The second kappa shape index (κ2) is 5.86. The summed E-state index contributed by atoms with van der Waals surface area (Å²) < 4.78 is 0. The minimum absolute atomic E-state index is 0.0474. The number of H-pyrrole nitrogens is 1. The number of amides is 1. The van der Waals surface area contributed by atoms with E-state index < -0.39 is 0 Å². The molecule has 0 fully saturated rings. The molecular weight excluding hydrogens is 252 g/mol. The number of hydrogen-bond acceptors (Lipinski definition) is 3. The Bertz CT molecular complexity index is 543. The van der Waals surface area contributed by atoms with Crippen LogP contribution in [0.1, 0.15) is 49.4 Å². The fourth-order valence-corrected chi connectivity index (χ4v) is 2.09. The fraction of sp³-hybridized carbons (Fsp3) is 0.400. The number of nitrogens with zero attached hydrogens (tertiary/aromatic N) is 2. The van der Waals surface area contributed by atoms with Gasteiger partial charge in [0.2, 0.25) is 5.82 Å². The average molecular weight is 272 g/mol. The molecule has 0 saturated carbocycles. The van der Waals surface area contributed by atoms with Crippen molar-refractivity contribution in [2.45, 2.75) is 33.2 Å². The summed E-state index contributed by atoms with van der Waals surface area (Å²) in [5.74, 6) is 0.000411. The van der Waals surface area contributed by atoms with Gasteiger partial charge in [0, 0.05) is 0 Å². The van der Waals surface area contributed by atoms with E-state index in [2.05, 4.69) is 41.3 Å². The number of nitrogens with one attached hydrogen (secondary N) is 2. The number of rotatable bonds is 4. The van der Waals surface area contributed by atoms with Crippen LogP contribution in [0.5, 0.6) is 0 Å². The first-order chi connectivity index (χ1) is 9.46. The van der Waals surface area contributed by atoms with Crippen LogP contribution in [-0.2, 0) is 0 Å². The zero-order valence-electron chi connectivity index (χ0n) is 12.1. The second-order valence-electron chi connectivity index (χ2n) is 6.04. The van der Waals surface area contributed by atoms with Crippen molar-refractivity contribution in [2.75, 3.05) is 0 Å². The van der Waals surface area contributed by atoms with Crippen LogP contribution in [0.25, 0.3) is 0 Å². The number of hydrogen-bond donors (Lipinski definition) is 2. The van der Waals surface area contributed by atoms with Crippen LogP contribution in [0, 0.1) is 5.41 Å². The Kier molecular flexibility index (Phi) is 4.17. The molecule has 1 amide bonds. The molecule has 20 heavy (non-hydrogen) atoms. The second-order valence-corrected chi connectivity index (χ2v) is 6.04. The van der Waals surface area contributed by atoms with Crippen molar-refractivity contribution in [1.29, 1.82) is 0 Å². The van der Waals surface area contributed by atoms with E-state index in [-0.39, 0.29) is 23.2 Å². The molecular formula is C15H20N4O. The summed E-state index contributed by atoms with van der Waals surface area (Å²) in [5.41, 5.74) is 1.20. The van der Waals surface area contributed by atoms with Gasteiger partial charge in [0.15, 0.2) is 0 Å². The van der Waals surface area contributed by atoms with Gasteiger partial charge in [-0.05, 0) is 17.4 Å². The first kappa shape index (κ1) is 14.2. The standard InChI is InChI=1S/C15H20N4O/c1-15(2,3)9-12(11-7-5-4-6-8-11)18-14(20)13-16-10-17-19-13/h4-8,10,12H,9H2,1-3H3,(H,18,20)(H,16,17,19). The van der Waals surface area contributed by atoms with E-state index in [1.165, 1.54) is 6.33 Å². The molecule has 2 N–H and O–H groups in total. The van der Waals surface area contributed by atoms with E-state index in [1.54, 1.807) is 0 Å². The average Bonchev–Trinajstić information content (AvgIpc) is 2.91. The lowest BCUT2D eigenvalue weighted by Crippen LogP contribution is -2.32. The lowest BCUT2D eigenvalue weighted by atomic mass is 9.85. The molecule has 0 bridgehead atoms. The molecule has 1 heterocycles. The molecule has 1 aromatic heterocycles. The van der Waals surface area contributed by atoms with Crippen LogP contribution in [0.3, 0.4) is 0 Å². The van der Waals surface area contributed by atoms with Crippen LogP contribution >= 0.6 is 0 Å². The van der Waals surface area contributed by atoms with E-state index in [1.807, 2.05) is 30.3 Å². The largest absolute Gasteiger partial charge is 0.343 e. The maximum Gasteiger partial charge on any atom is 0.289 e. The summed E-state index contributed by atoms with van der Waals surface area (Å²) in [7, 11) is 0. The number of carbonyl (C=O) groups excluding carboxylic acids is 1. The number of aromatic nitrogens is 3. The van der Waals surface area contributed by atoms with Gasteiger partial charge in [-0.2, -0.15) is 5.10 Å². The Morgan fingerprint density at radius 1 is 1.30 bits per heavy atom. The minimum Gasteiger partial charge on any atom is -0.343 e. The fourth-order valence-electron chi connectivity index (χ4n) is 2.09. The van der Waals surface area contributed by atoms with E-state index in [4.69, 9.17) is 0 Å². The van der Waals surface area contributed by atoms with Crippen LogP contribution in [0.2, 0.25) is 0 Å². The van der Waals surface area contributed by atoms with Crippen LogP contribution in [0.4, 0.5) is 0 Å². The van der Waals surface area contributed by atoms with Crippen molar-refractivity contribution < 1.29 is 4.79 Å². The quantitative estimate of drug-likeness (QED) is 0.899. The molecule has 2 rings (SSSR count). The monoisotopic (exact) mass is 272 g/mol. The van der Waals surface area contributed by atoms with E-state index in [0.29, 0.717) is 0 Å². The first-order valence-corrected chi connectivity index (χ1v) is 6.67. The molecule has 0 spiro atoms. The van der Waals surface area contributed by atoms with Crippen LogP contribution in [-0.4, -0.2) is 21.1 Å². The van der Waals surface area contributed by atoms with Crippen molar-refractivity contribution in [3.8, 4) is 0 Å². The summed E-state index contributed by atoms with van der Waals surface area (Å²) >= 11 is 0. The predicted molar refractivity (Wildman–Crippen MR) is 77.1 cm³/mol. The maximum atomic E-state index is 12.1. The molecule has 1 unspecified atom stereocenters. The molecule has 0 saturated heterocycles. The summed E-state index contributed by atoms with van der Waals surface area (Å²) in [5, 5.41) is 9.30. The van der Waals surface area contributed by atoms with Gasteiger partial charge < -0.3 is 5.32 Å². The molecule has 0 radical (unpaired) electrons. The Balaban J connectivity index is 2.17. The van der Waals surface area contributed by atoms with Crippen molar-refractivity contribution in [2.24, 2.45) is 5.41 Å². The van der Waals surface area contributed by atoms with Gasteiger partial charge in [-0.25, -0.2) is 4.98 Å². The summed E-state index contributed by atoms with van der Waals surface area (Å²) in [6.07, 6.45) is 2.17. The Labute approximate surface area is 118 Å². The normalized spacial score (nSPS) is 12.9. The molecule has 1 aromatic carbocycles. The van der Waals surface area contributed by atoms with Crippen molar-refractivity contribution in [3.05, 3.63) is 48.0 Å². The highest BCUT2D eigenvalue weighted by molar-refractivity contribution is 5.90. The molecule has 0 aliphatic rings. The van der Waals surface area contributed by atoms with Gasteiger partial charge in [-0.3, -0.25) is 9.89 Å². The van der Waals surface area contributed by atoms with Gasteiger partial charge >= 0.3 is 0 Å². The summed E-state index contributed by atoms with van der Waals surface area (Å²) in [6.45, 7) is 6.47. The third-order valence-corrected chi connectivity index (χ3v) is 2.95. The van der Waals surface area contributed by atoms with E-state index in [0.717, 1.165) is 12.0 Å². The van der Waals surface area contributed by atoms with Gasteiger partial charge in [0.25, 0.3) is 5.91 Å². The minimum atomic E-state index is -0.236. The smallest absolute Gasteiger partial charge is 0.289 e. The van der Waals surface area contributed by atoms with E-state index >= 15 is 0 Å². The van der Waals surface area contributed by atoms with Gasteiger partial charge in [-0.1, -0.05) is 51.1 Å². The Morgan fingerprint density at radius 3 is 2.55 bits per heavy atom. The SMILES string of the molecule is CC(C)(C)CC(NC(=O)c1ncn[nH]1)c1ccccc1. The highest BCUT2D eigenvalue weighted by Gasteiger charge is 2.23. The van der Waals surface area contributed by atoms with Gasteiger partial charge in [0.1, 0.15) is 6.33 Å². The predicted octanol–water partition coefficient (Wildman–Crippen LogP) is 2.71. The highest BCUT2D eigenvalue weighted by atomic mass is 16.2. The molecule has 5 heteroatoms. The molecule has 0 aliphatic carbocycles. The number of benzene rings is 1. The molecule has 5 nitrogen and oxygen atoms in total. The Morgan fingerprint density at radius 2 is 2.00 bits per heavy atom. The lowest BCUT2D eigenvalue weighted by Gasteiger charge is -2.27. The molecule has 106 valence electrons. The lowest BCUT2D eigenvalue weighted by molar-refractivity contribution is 0.0916. The maximum absolute atomic E-state index is 12.1. The zero-order valence-corrected chi connectivity index (χ0v) is 12.1.